The smallest absolute Gasteiger partial charge is 0.146 e. The molecule has 0 radical (unpaired) electrons. The van der Waals surface area contributed by atoms with Gasteiger partial charge in [-0.15, -0.1) is 0 Å². The molecule has 0 spiro atoms. The molecule has 0 saturated carbocycles. The molecule has 112 valence electrons. The van der Waals surface area contributed by atoms with E-state index in [1.54, 1.807) is 19.2 Å². The molecule has 0 aliphatic carbocycles. The Bertz CT molecular complexity index is 436. The first-order valence-electron chi connectivity index (χ1n) is 7.42. The number of nitrogens with zero attached hydrogens (tertiary/aromatic N) is 1. The zero-order valence-electron chi connectivity index (χ0n) is 12.7. The number of ether oxygens (including phenoxy) is 1. The zero-order chi connectivity index (χ0) is 14.5. The number of halogens is 1. The zero-order valence-corrected chi connectivity index (χ0v) is 12.7. The summed E-state index contributed by atoms with van der Waals surface area (Å²) < 4.78 is 19.3. The summed E-state index contributed by atoms with van der Waals surface area (Å²) in [7, 11) is 1.61. The largest absolute Gasteiger partial charge is 0.497 e. The highest BCUT2D eigenvalue weighted by Crippen LogP contribution is 2.26. The van der Waals surface area contributed by atoms with Gasteiger partial charge in [0.25, 0.3) is 0 Å². The van der Waals surface area contributed by atoms with Crippen molar-refractivity contribution < 1.29 is 9.13 Å². The van der Waals surface area contributed by atoms with Crippen LogP contribution in [-0.2, 0) is 0 Å². The van der Waals surface area contributed by atoms with Gasteiger partial charge in [-0.3, -0.25) is 0 Å². The Kier molecular flexibility index (Phi) is 5.24. The third kappa shape index (κ3) is 3.85. The topological polar surface area (TPSA) is 24.5 Å². The molecule has 0 aromatic heterocycles. The number of hydrogen-bond donors (Lipinski definition) is 1. The van der Waals surface area contributed by atoms with Gasteiger partial charge in [0.15, 0.2) is 0 Å². The fraction of sp³-hybridized carbons (Fsp3) is 0.625. The van der Waals surface area contributed by atoms with Crippen LogP contribution in [0.5, 0.6) is 5.75 Å². The van der Waals surface area contributed by atoms with Crippen molar-refractivity contribution in [2.75, 3.05) is 31.6 Å². The van der Waals surface area contributed by atoms with E-state index in [0.29, 0.717) is 23.4 Å². The summed E-state index contributed by atoms with van der Waals surface area (Å²) in [6.07, 6.45) is 2.15. The number of nitrogens with one attached hydrogen (secondary N) is 1. The van der Waals surface area contributed by atoms with Gasteiger partial charge in [0, 0.05) is 25.2 Å². The summed E-state index contributed by atoms with van der Waals surface area (Å²) in [6, 6.07) is 5.38. The summed E-state index contributed by atoms with van der Waals surface area (Å²) in [5.41, 5.74) is 0.654. The van der Waals surface area contributed by atoms with Gasteiger partial charge in [-0.05, 0) is 37.4 Å². The van der Waals surface area contributed by atoms with Crippen LogP contribution in [0.25, 0.3) is 0 Å². The highest BCUT2D eigenvalue weighted by atomic mass is 19.1. The molecule has 0 bridgehead atoms. The Hall–Kier alpha value is -1.29. The number of benzene rings is 1. The molecule has 1 saturated heterocycles. The molecule has 1 aliphatic rings. The lowest BCUT2D eigenvalue weighted by Crippen LogP contribution is -2.38. The minimum absolute atomic E-state index is 0.170. The molecule has 1 aromatic carbocycles. The van der Waals surface area contributed by atoms with Crippen molar-refractivity contribution in [3.63, 3.8) is 0 Å². The van der Waals surface area contributed by atoms with E-state index >= 15 is 0 Å². The van der Waals surface area contributed by atoms with Crippen molar-refractivity contribution in [3.05, 3.63) is 24.0 Å². The van der Waals surface area contributed by atoms with Gasteiger partial charge in [-0.2, -0.15) is 0 Å². The van der Waals surface area contributed by atoms with Crippen LogP contribution in [0.1, 0.15) is 26.7 Å². The van der Waals surface area contributed by atoms with E-state index in [4.69, 9.17) is 4.74 Å². The van der Waals surface area contributed by atoms with Gasteiger partial charge in [0.05, 0.1) is 12.8 Å². The fourth-order valence-electron chi connectivity index (χ4n) is 2.81. The molecule has 1 N–H and O–H groups in total. The van der Waals surface area contributed by atoms with Crippen molar-refractivity contribution in [1.29, 1.82) is 0 Å². The summed E-state index contributed by atoms with van der Waals surface area (Å²) in [5, 5.41) is 3.57. The molecule has 1 atom stereocenters. The molecule has 20 heavy (non-hydrogen) atoms. The average Bonchev–Trinajstić information content (AvgIpc) is 2.64. The molecule has 1 unspecified atom stereocenters. The van der Waals surface area contributed by atoms with E-state index in [1.165, 1.54) is 6.07 Å². The van der Waals surface area contributed by atoms with Crippen molar-refractivity contribution in [2.24, 2.45) is 5.92 Å². The average molecular weight is 280 g/mol. The van der Waals surface area contributed by atoms with Gasteiger partial charge in [-0.1, -0.05) is 13.8 Å². The van der Waals surface area contributed by atoms with Crippen molar-refractivity contribution >= 4 is 5.69 Å². The summed E-state index contributed by atoms with van der Waals surface area (Å²) in [6.45, 7) is 7.18. The Labute approximate surface area is 121 Å². The third-order valence-electron chi connectivity index (χ3n) is 3.73. The highest BCUT2D eigenvalue weighted by molar-refractivity contribution is 5.52. The van der Waals surface area contributed by atoms with Crippen LogP contribution in [0.2, 0.25) is 0 Å². The maximum absolute atomic E-state index is 14.1. The predicted molar refractivity (Wildman–Crippen MR) is 81.0 cm³/mol. The van der Waals surface area contributed by atoms with Gasteiger partial charge < -0.3 is 15.0 Å². The van der Waals surface area contributed by atoms with Crippen LogP contribution in [0.15, 0.2) is 18.2 Å². The molecule has 1 aliphatic heterocycles. The lowest BCUT2D eigenvalue weighted by atomic mass is 10.0. The van der Waals surface area contributed by atoms with Crippen LogP contribution in [0.3, 0.4) is 0 Å². The molecule has 1 fully saturated rings. The number of anilines is 1. The van der Waals surface area contributed by atoms with Gasteiger partial charge in [-0.25, -0.2) is 4.39 Å². The maximum atomic E-state index is 14.1. The lowest BCUT2D eigenvalue weighted by molar-refractivity contribution is 0.413. The van der Waals surface area contributed by atoms with Crippen LogP contribution >= 0.6 is 0 Å². The van der Waals surface area contributed by atoms with E-state index in [2.05, 4.69) is 24.1 Å². The summed E-state index contributed by atoms with van der Waals surface area (Å²) in [5.74, 6) is 1.18. The Morgan fingerprint density at radius 1 is 1.45 bits per heavy atom. The number of methoxy groups -OCH3 is 1. The summed E-state index contributed by atoms with van der Waals surface area (Å²) in [4.78, 5) is 2.14. The van der Waals surface area contributed by atoms with Crippen LogP contribution in [-0.4, -0.2) is 32.8 Å². The summed E-state index contributed by atoms with van der Waals surface area (Å²) >= 11 is 0. The molecule has 1 aromatic rings. The second-order valence-corrected chi connectivity index (χ2v) is 5.90. The number of hydrogen-bond acceptors (Lipinski definition) is 3. The molecule has 1 heterocycles. The van der Waals surface area contributed by atoms with Gasteiger partial charge in [0.1, 0.15) is 11.6 Å². The first-order valence-corrected chi connectivity index (χ1v) is 7.42. The Morgan fingerprint density at radius 3 is 2.95 bits per heavy atom. The van der Waals surface area contributed by atoms with E-state index in [0.717, 1.165) is 32.5 Å². The van der Waals surface area contributed by atoms with Crippen molar-refractivity contribution in [1.82, 2.24) is 5.32 Å². The van der Waals surface area contributed by atoms with Crippen LogP contribution in [0.4, 0.5) is 10.1 Å². The Morgan fingerprint density at radius 2 is 2.25 bits per heavy atom. The van der Waals surface area contributed by atoms with E-state index in [-0.39, 0.29) is 5.82 Å². The van der Waals surface area contributed by atoms with Crippen molar-refractivity contribution in [3.8, 4) is 5.75 Å². The number of rotatable bonds is 4. The quantitative estimate of drug-likeness (QED) is 0.917. The SMILES string of the molecule is COc1ccc(F)c(N2CCCNC(CC(C)C)C2)c1. The fourth-order valence-corrected chi connectivity index (χ4v) is 2.81. The van der Waals surface area contributed by atoms with Gasteiger partial charge >= 0.3 is 0 Å². The molecular formula is C16H25FN2O. The molecule has 2 rings (SSSR count). The first kappa shape index (κ1) is 15.1. The Balaban J connectivity index is 2.17. The lowest BCUT2D eigenvalue weighted by Gasteiger charge is -2.28. The molecule has 4 heteroatoms. The minimum Gasteiger partial charge on any atom is -0.497 e. The van der Waals surface area contributed by atoms with E-state index in [9.17, 15) is 4.39 Å². The third-order valence-corrected chi connectivity index (χ3v) is 3.73. The van der Waals surface area contributed by atoms with Crippen molar-refractivity contribution in [2.45, 2.75) is 32.7 Å². The second-order valence-electron chi connectivity index (χ2n) is 5.90. The van der Waals surface area contributed by atoms with E-state index in [1.807, 2.05) is 0 Å². The molecule has 3 nitrogen and oxygen atoms in total. The van der Waals surface area contributed by atoms with Crippen LogP contribution < -0.4 is 15.0 Å². The second kappa shape index (κ2) is 6.93. The minimum atomic E-state index is -0.170. The maximum Gasteiger partial charge on any atom is 0.146 e. The molecular weight excluding hydrogens is 255 g/mol. The highest BCUT2D eigenvalue weighted by Gasteiger charge is 2.21. The normalized spacial score (nSPS) is 20.1. The van der Waals surface area contributed by atoms with Gasteiger partial charge in [0.2, 0.25) is 0 Å². The first-order chi connectivity index (χ1) is 9.60. The monoisotopic (exact) mass is 280 g/mol. The van der Waals surface area contributed by atoms with Crippen LogP contribution in [0, 0.1) is 11.7 Å². The van der Waals surface area contributed by atoms with E-state index < -0.39 is 0 Å². The predicted octanol–water partition coefficient (Wildman–Crippen LogP) is 3.05. The standard InChI is InChI=1S/C16H25FN2O/c1-12(2)9-13-11-19(8-4-7-18-13)16-10-14(20-3)5-6-15(16)17/h5-6,10,12-13,18H,4,7-9,11H2,1-3H3. The molecule has 0 amide bonds.